The van der Waals surface area contributed by atoms with Crippen molar-refractivity contribution in [2.75, 3.05) is 27.3 Å². The first-order valence-electron chi connectivity index (χ1n) is 10.7. The zero-order valence-corrected chi connectivity index (χ0v) is 19.1. The number of ether oxygens (including phenoxy) is 3. The van der Waals surface area contributed by atoms with Crippen molar-refractivity contribution in [1.82, 2.24) is 4.90 Å². The summed E-state index contributed by atoms with van der Waals surface area (Å²) in [6.45, 7) is 4.39. The zero-order valence-electron chi connectivity index (χ0n) is 19.1. The summed E-state index contributed by atoms with van der Waals surface area (Å²) >= 11 is 0. The molecule has 2 aromatic rings. The molecule has 1 N–H and O–H groups in total. The van der Waals surface area contributed by atoms with E-state index in [1.54, 1.807) is 26.4 Å². The minimum absolute atomic E-state index is 0.0596. The summed E-state index contributed by atoms with van der Waals surface area (Å²) in [5.41, 5.74) is 0.578. The quantitative estimate of drug-likeness (QED) is 0.669. The molecule has 1 atom stereocenters. The molecule has 1 saturated heterocycles. The second-order valence-electron chi connectivity index (χ2n) is 8.57. The Kier molecular flexibility index (Phi) is 7.28. The van der Waals surface area contributed by atoms with Gasteiger partial charge in [0, 0.05) is 25.1 Å². The van der Waals surface area contributed by atoms with E-state index in [9.17, 15) is 14.7 Å². The molecule has 2 aromatic carbocycles. The number of likely N-dealkylation sites (tertiary alicyclic amines) is 1. The Morgan fingerprint density at radius 1 is 1.06 bits per heavy atom. The number of carbonyl (C=O) groups excluding carboxylic acids is 1. The number of hydrogen-bond donors (Lipinski definition) is 1. The number of methoxy groups -OCH3 is 2. The molecule has 3 rings (SSSR count). The summed E-state index contributed by atoms with van der Waals surface area (Å²) < 4.78 is 16.3. The topological polar surface area (TPSA) is 85.3 Å². The van der Waals surface area contributed by atoms with Gasteiger partial charge in [0.25, 0.3) is 0 Å². The van der Waals surface area contributed by atoms with Crippen LogP contribution in [0.1, 0.15) is 43.7 Å². The van der Waals surface area contributed by atoms with Gasteiger partial charge in [-0.3, -0.25) is 4.79 Å². The minimum Gasteiger partial charge on any atom is -0.497 e. The fraction of sp³-hybridized carbons (Fsp3) is 0.440. The molecular formula is C25H31NO6. The number of benzene rings is 2. The van der Waals surface area contributed by atoms with E-state index >= 15 is 0 Å². The number of amides is 1. The van der Waals surface area contributed by atoms with Crippen LogP contribution in [0.2, 0.25) is 0 Å². The number of carbonyl (C=O) groups is 2. The molecule has 1 amide bonds. The second kappa shape index (κ2) is 9.94. The Labute approximate surface area is 188 Å². The van der Waals surface area contributed by atoms with Crippen molar-refractivity contribution in [3.05, 3.63) is 53.6 Å². The van der Waals surface area contributed by atoms with Crippen molar-refractivity contribution in [3.8, 4) is 17.2 Å². The summed E-state index contributed by atoms with van der Waals surface area (Å²) in [6, 6.07) is 13.0. The Bertz CT molecular complexity index is 948. The van der Waals surface area contributed by atoms with Crippen LogP contribution in [-0.4, -0.2) is 54.8 Å². The van der Waals surface area contributed by atoms with Crippen LogP contribution in [0.15, 0.2) is 42.5 Å². The normalized spacial score (nSPS) is 16.4. The van der Waals surface area contributed by atoms with E-state index in [2.05, 4.69) is 0 Å². The minimum atomic E-state index is -1.31. The van der Waals surface area contributed by atoms with Crippen LogP contribution >= 0.6 is 0 Å². The van der Waals surface area contributed by atoms with Crippen molar-refractivity contribution in [2.45, 2.75) is 44.6 Å². The molecule has 0 saturated carbocycles. The number of hydrogen-bond acceptors (Lipinski definition) is 5. The molecule has 0 aliphatic carbocycles. The van der Waals surface area contributed by atoms with Gasteiger partial charge in [-0.25, -0.2) is 4.79 Å². The Morgan fingerprint density at radius 2 is 1.75 bits per heavy atom. The van der Waals surface area contributed by atoms with Crippen molar-refractivity contribution in [1.29, 1.82) is 0 Å². The summed E-state index contributed by atoms with van der Waals surface area (Å²) in [5.74, 6) is 1.04. The molecule has 1 aliphatic heterocycles. The Morgan fingerprint density at radius 3 is 2.38 bits per heavy atom. The maximum atomic E-state index is 13.0. The highest BCUT2D eigenvalue weighted by atomic mass is 16.5. The lowest BCUT2D eigenvalue weighted by molar-refractivity contribution is -0.152. The molecule has 0 spiro atoms. The maximum absolute atomic E-state index is 13.0. The highest BCUT2D eigenvalue weighted by Crippen LogP contribution is 2.31. The number of rotatable bonds is 8. The van der Waals surface area contributed by atoms with Gasteiger partial charge in [-0.15, -0.1) is 0 Å². The maximum Gasteiger partial charge on any atom is 0.347 e. The molecular weight excluding hydrogens is 410 g/mol. The highest BCUT2D eigenvalue weighted by Gasteiger charge is 2.30. The summed E-state index contributed by atoms with van der Waals surface area (Å²) in [4.78, 5) is 26.3. The lowest BCUT2D eigenvalue weighted by Crippen LogP contribution is -2.40. The molecule has 172 valence electrons. The van der Waals surface area contributed by atoms with Crippen LogP contribution in [-0.2, 0) is 16.0 Å². The molecule has 0 radical (unpaired) electrons. The SMILES string of the molecule is COc1cc(CC(=O)N2CCCC(c3cccc(OC(C)(C)C(=O)O)c3)C2)cc(OC)c1. The number of aliphatic carboxylic acids is 1. The molecule has 0 bridgehead atoms. The molecule has 1 unspecified atom stereocenters. The van der Waals surface area contributed by atoms with Gasteiger partial charge in [-0.05, 0) is 62.1 Å². The van der Waals surface area contributed by atoms with Crippen molar-refractivity contribution in [3.63, 3.8) is 0 Å². The van der Waals surface area contributed by atoms with E-state index < -0.39 is 11.6 Å². The van der Waals surface area contributed by atoms with Crippen molar-refractivity contribution in [2.24, 2.45) is 0 Å². The van der Waals surface area contributed by atoms with E-state index in [0.29, 0.717) is 23.8 Å². The molecule has 7 heteroatoms. The van der Waals surface area contributed by atoms with Crippen LogP contribution in [0.3, 0.4) is 0 Å². The van der Waals surface area contributed by atoms with E-state index in [0.717, 1.165) is 30.5 Å². The average Bonchev–Trinajstić information content (AvgIpc) is 2.78. The third-order valence-electron chi connectivity index (χ3n) is 5.76. The number of carboxylic acid groups (broad SMARTS) is 1. The Balaban J connectivity index is 1.70. The van der Waals surface area contributed by atoms with Crippen LogP contribution in [0.5, 0.6) is 17.2 Å². The summed E-state index contributed by atoms with van der Waals surface area (Å²) in [7, 11) is 3.18. The number of carboxylic acids is 1. The first-order valence-corrected chi connectivity index (χ1v) is 10.7. The largest absolute Gasteiger partial charge is 0.497 e. The predicted molar refractivity (Wildman–Crippen MR) is 121 cm³/mol. The van der Waals surface area contributed by atoms with E-state index in [-0.39, 0.29) is 18.2 Å². The number of nitrogens with zero attached hydrogens (tertiary/aromatic N) is 1. The van der Waals surface area contributed by atoms with Gasteiger partial charge in [0.1, 0.15) is 17.2 Å². The monoisotopic (exact) mass is 441 g/mol. The first-order chi connectivity index (χ1) is 15.2. The van der Waals surface area contributed by atoms with Gasteiger partial charge in [-0.1, -0.05) is 12.1 Å². The molecule has 7 nitrogen and oxygen atoms in total. The second-order valence-corrected chi connectivity index (χ2v) is 8.57. The van der Waals surface area contributed by atoms with Gasteiger partial charge in [-0.2, -0.15) is 0 Å². The Hall–Kier alpha value is -3.22. The summed E-state index contributed by atoms with van der Waals surface area (Å²) in [5, 5.41) is 9.32. The highest BCUT2D eigenvalue weighted by molar-refractivity contribution is 5.79. The van der Waals surface area contributed by atoms with Gasteiger partial charge in [0.2, 0.25) is 5.91 Å². The van der Waals surface area contributed by atoms with E-state index in [4.69, 9.17) is 14.2 Å². The van der Waals surface area contributed by atoms with Crippen molar-refractivity contribution < 1.29 is 28.9 Å². The molecule has 1 fully saturated rings. The predicted octanol–water partition coefficient (Wildman–Crippen LogP) is 3.89. The van der Waals surface area contributed by atoms with Gasteiger partial charge in [0.15, 0.2) is 5.60 Å². The fourth-order valence-electron chi connectivity index (χ4n) is 3.90. The smallest absolute Gasteiger partial charge is 0.347 e. The average molecular weight is 442 g/mol. The van der Waals surface area contributed by atoms with Crippen LogP contribution in [0.25, 0.3) is 0 Å². The third kappa shape index (κ3) is 5.72. The van der Waals surface area contributed by atoms with Gasteiger partial charge >= 0.3 is 5.97 Å². The van der Waals surface area contributed by atoms with Crippen LogP contribution in [0.4, 0.5) is 0 Å². The molecule has 1 heterocycles. The third-order valence-corrected chi connectivity index (χ3v) is 5.76. The lowest BCUT2D eigenvalue weighted by Gasteiger charge is -2.33. The number of piperidine rings is 1. The standard InChI is InChI=1S/C25H31NO6/c1-25(2,24(28)29)32-20-9-5-7-18(14-20)19-8-6-10-26(16-19)23(27)13-17-11-21(30-3)15-22(12-17)31-4/h5,7,9,11-12,14-15,19H,6,8,10,13,16H2,1-4H3,(H,28,29). The molecule has 1 aliphatic rings. The summed E-state index contributed by atoms with van der Waals surface area (Å²) in [6.07, 6.45) is 2.14. The van der Waals surface area contributed by atoms with E-state index in [1.807, 2.05) is 35.2 Å². The van der Waals surface area contributed by atoms with E-state index in [1.165, 1.54) is 13.8 Å². The molecule has 0 aromatic heterocycles. The van der Waals surface area contributed by atoms with Gasteiger partial charge in [0.05, 0.1) is 20.6 Å². The van der Waals surface area contributed by atoms with Gasteiger partial charge < -0.3 is 24.2 Å². The van der Waals surface area contributed by atoms with Crippen LogP contribution < -0.4 is 14.2 Å². The van der Waals surface area contributed by atoms with Crippen LogP contribution in [0, 0.1) is 0 Å². The zero-order chi connectivity index (χ0) is 23.3. The lowest BCUT2D eigenvalue weighted by atomic mass is 9.90. The molecule has 32 heavy (non-hydrogen) atoms. The first kappa shape index (κ1) is 23.4. The fourth-order valence-corrected chi connectivity index (χ4v) is 3.90. The van der Waals surface area contributed by atoms with Crippen molar-refractivity contribution >= 4 is 11.9 Å².